The second-order valence-electron chi connectivity index (χ2n) is 8.65. The fraction of sp³-hybridized carbons (Fsp3) is 0.172. The first-order valence-electron chi connectivity index (χ1n) is 11.5. The van der Waals surface area contributed by atoms with Gasteiger partial charge in [0.25, 0.3) is 0 Å². The van der Waals surface area contributed by atoms with Crippen molar-refractivity contribution in [3.8, 4) is 22.5 Å². The molecule has 1 aromatic heterocycles. The molecule has 4 aromatic rings. The fourth-order valence-electron chi connectivity index (χ4n) is 4.67. The molecule has 2 N–H and O–H groups in total. The Bertz CT molecular complexity index is 1340. The number of aliphatic carboxylic acids is 1. The van der Waals surface area contributed by atoms with Crippen molar-refractivity contribution in [2.24, 2.45) is 0 Å². The molecule has 0 saturated carbocycles. The van der Waals surface area contributed by atoms with Crippen LogP contribution in [0, 0.1) is 6.92 Å². The third-order valence-corrected chi connectivity index (χ3v) is 6.41. The molecule has 0 radical (unpaired) electrons. The number of ether oxygens (including phenoxy) is 1. The van der Waals surface area contributed by atoms with Gasteiger partial charge in [0.05, 0.1) is 0 Å². The molecule has 5 rings (SSSR count). The molecule has 6 heteroatoms. The Morgan fingerprint density at radius 2 is 1.49 bits per heavy atom. The summed E-state index contributed by atoms with van der Waals surface area (Å²) in [5.74, 6) is -0.136. The molecular weight excluding hydrogens is 442 g/mol. The summed E-state index contributed by atoms with van der Waals surface area (Å²) in [6.45, 7) is 2.10. The summed E-state index contributed by atoms with van der Waals surface area (Å²) in [5, 5.41) is 12.2. The van der Waals surface area contributed by atoms with Gasteiger partial charge in [-0.2, -0.15) is 0 Å². The van der Waals surface area contributed by atoms with Crippen LogP contribution in [0.5, 0.6) is 0 Å². The van der Waals surface area contributed by atoms with E-state index in [4.69, 9.17) is 9.15 Å². The van der Waals surface area contributed by atoms with Gasteiger partial charge >= 0.3 is 12.1 Å². The number of benzene rings is 3. The monoisotopic (exact) mass is 467 g/mol. The first-order chi connectivity index (χ1) is 17.0. The minimum Gasteiger partial charge on any atom is -0.480 e. The van der Waals surface area contributed by atoms with Crippen LogP contribution in [0.25, 0.3) is 22.5 Å². The van der Waals surface area contributed by atoms with Crippen LogP contribution >= 0.6 is 0 Å². The van der Waals surface area contributed by atoms with E-state index in [9.17, 15) is 14.7 Å². The fourth-order valence-corrected chi connectivity index (χ4v) is 4.67. The van der Waals surface area contributed by atoms with Crippen LogP contribution in [0.15, 0.2) is 89.3 Å². The topological polar surface area (TPSA) is 88.8 Å². The van der Waals surface area contributed by atoms with E-state index in [0.717, 1.165) is 33.4 Å². The number of nitrogens with one attached hydrogen (secondary N) is 1. The lowest BCUT2D eigenvalue weighted by Crippen LogP contribution is -2.42. The number of carbonyl (C=O) groups is 2. The number of furan rings is 1. The lowest BCUT2D eigenvalue weighted by molar-refractivity contribution is -0.139. The van der Waals surface area contributed by atoms with E-state index in [-0.39, 0.29) is 18.9 Å². The maximum atomic E-state index is 12.6. The molecule has 0 saturated heterocycles. The number of rotatable bonds is 7. The van der Waals surface area contributed by atoms with Crippen LogP contribution in [-0.2, 0) is 16.0 Å². The second-order valence-corrected chi connectivity index (χ2v) is 8.65. The molecule has 1 aliphatic rings. The van der Waals surface area contributed by atoms with Crippen molar-refractivity contribution in [1.29, 1.82) is 0 Å². The quantitative estimate of drug-likeness (QED) is 0.359. The van der Waals surface area contributed by atoms with Gasteiger partial charge in [-0.25, -0.2) is 9.59 Å². The van der Waals surface area contributed by atoms with E-state index >= 15 is 0 Å². The minimum atomic E-state index is -1.18. The molecule has 176 valence electrons. The predicted octanol–water partition coefficient (Wildman–Crippen LogP) is 5.79. The highest BCUT2D eigenvalue weighted by Gasteiger charge is 2.30. The first-order valence-corrected chi connectivity index (χ1v) is 11.5. The SMILES string of the molecule is Cc1ccccc1-c1ccc(CC(NC(=O)OCC2c3ccccc3-c3ccccc32)C(=O)O)o1. The lowest BCUT2D eigenvalue weighted by Gasteiger charge is -2.17. The molecule has 0 bridgehead atoms. The summed E-state index contributed by atoms with van der Waals surface area (Å²) in [6.07, 6.45) is -0.768. The molecule has 1 aliphatic carbocycles. The molecular formula is C29H25NO5. The van der Waals surface area contributed by atoms with Crippen molar-refractivity contribution in [3.63, 3.8) is 0 Å². The van der Waals surface area contributed by atoms with E-state index in [1.807, 2.05) is 73.7 Å². The highest BCUT2D eigenvalue weighted by Crippen LogP contribution is 2.44. The third kappa shape index (κ3) is 4.55. The van der Waals surface area contributed by atoms with E-state index in [1.165, 1.54) is 0 Å². The van der Waals surface area contributed by atoms with Gasteiger partial charge in [0, 0.05) is 17.9 Å². The summed E-state index contributed by atoms with van der Waals surface area (Å²) in [7, 11) is 0. The normalized spacial score (nSPS) is 13.1. The van der Waals surface area contributed by atoms with Crippen LogP contribution in [0.1, 0.15) is 28.4 Å². The van der Waals surface area contributed by atoms with Crippen LogP contribution < -0.4 is 5.32 Å². The van der Waals surface area contributed by atoms with Gasteiger partial charge in [0.15, 0.2) is 0 Å². The summed E-state index contributed by atoms with van der Waals surface area (Å²) in [6, 6.07) is 26.2. The number of alkyl carbamates (subject to hydrolysis) is 1. The molecule has 1 amide bonds. The van der Waals surface area contributed by atoms with Gasteiger partial charge < -0.3 is 19.6 Å². The smallest absolute Gasteiger partial charge is 0.407 e. The standard InChI is InChI=1S/C29H25NO5/c1-18-8-2-3-9-20(18)27-15-14-19(35-27)16-26(28(31)32)30-29(33)34-17-25-23-12-6-4-10-21(23)22-11-5-7-13-24(22)25/h2-15,25-26H,16-17H2,1H3,(H,30,33)(H,31,32). The van der Waals surface area contributed by atoms with Crippen molar-refractivity contribution < 1.29 is 23.8 Å². The Labute approximate surface area is 203 Å². The average Bonchev–Trinajstić information content (AvgIpc) is 3.45. The number of carboxylic acids is 1. The summed E-state index contributed by atoms with van der Waals surface area (Å²) in [5.41, 5.74) is 6.44. The van der Waals surface area contributed by atoms with Crippen molar-refractivity contribution in [2.75, 3.05) is 6.61 Å². The van der Waals surface area contributed by atoms with Crippen molar-refractivity contribution in [1.82, 2.24) is 5.32 Å². The van der Waals surface area contributed by atoms with Gasteiger partial charge in [-0.05, 0) is 46.9 Å². The van der Waals surface area contributed by atoms with E-state index in [1.54, 1.807) is 6.07 Å². The Morgan fingerprint density at radius 1 is 0.886 bits per heavy atom. The third-order valence-electron chi connectivity index (χ3n) is 6.41. The van der Waals surface area contributed by atoms with Gasteiger partial charge in [-0.15, -0.1) is 0 Å². The largest absolute Gasteiger partial charge is 0.480 e. The Balaban J connectivity index is 1.25. The molecule has 35 heavy (non-hydrogen) atoms. The van der Waals surface area contributed by atoms with Gasteiger partial charge in [0.2, 0.25) is 0 Å². The average molecular weight is 468 g/mol. The van der Waals surface area contributed by atoms with Crippen LogP contribution in [-0.4, -0.2) is 29.8 Å². The molecule has 0 fully saturated rings. The first kappa shape index (κ1) is 22.5. The Morgan fingerprint density at radius 3 is 2.11 bits per heavy atom. The highest BCUT2D eigenvalue weighted by atomic mass is 16.5. The van der Waals surface area contributed by atoms with Gasteiger partial charge in [0.1, 0.15) is 24.2 Å². The molecule has 1 atom stereocenters. The number of amides is 1. The molecule has 1 heterocycles. The van der Waals surface area contributed by atoms with Crippen molar-refractivity contribution >= 4 is 12.1 Å². The number of hydrogen-bond donors (Lipinski definition) is 2. The maximum Gasteiger partial charge on any atom is 0.407 e. The second kappa shape index (κ2) is 9.50. The molecule has 6 nitrogen and oxygen atoms in total. The molecule has 1 unspecified atom stereocenters. The van der Waals surface area contributed by atoms with E-state index in [2.05, 4.69) is 17.4 Å². The van der Waals surface area contributed by atoms with Crippen molar-refractivity contribution in [2.45, 2.75) is 25.3 Å². The van der Waals surface area contributed by atoms with Crippen molar-refractivity contribution in [3.05, 3.63) is 107 Å². The van der Waals surface area contributed by atoms with Gasteiger partial charge in [-0.1, -0.05) is 72.8 Å². The lowest BCUT2D eigenvalue weighted by atomic mass is 9.98. The summed E-state index contributed by atoms with van der Waals surface area (Å²) in [4.78, 5) is 24.4. The maximum absolute atomic E-state index is 12.6. The zero-order valence-corrected chi connectivity index (χ0v) is 19.2. The van der Waals surface area contributed by atoms with Crippen LogP contribution in [0.3, 0.4) is 0 Å². The van der Waals surface area contributed by atoms with E-state index < -0.39 is 18.1 Å². The summed E-state index contributed by atoms with van der Waals surface area (Å²) < 4.78 is 11.4. The summed E-state index contributed by atoms with van der Waals surface area (Å²) >= 11 is 0. The van der Waals surface area contributed by atoms with E-state index in [0.29, 0.717) is 11.5 Å². The predicted molar refractivity (Wildman–Crippen MR) is 132 cm³/mol. The van der Waals surface area contributed by atoms with Crippen LogP contribution in [0.2, 0.25) is 0 Å². The minimum absolute atomic E-state index is 0.00537. The van der Waals surface area contributed by atoms with Gasteiger partial charge in [-0.3, -0.25) is 0 Å². The number of hydrogen-bond acceptors (Lipinski definition) is 4. The molecule has 3 aromatic carbocycles. The Kier molecular flexibility index (Phi) is 6.10. The highest BCUT2D eigenvalue weighted by molar-refractivity contribution is 5.81. The van der Waals surface area contributed by atoms with Crippen LogP contribution in [0.4, 0.5) is 4.79 Å². The molecule has 0 spiro atoms. The number of carbonyl (C=O) groups excluding carboxylic acids is 1. The number of aryl methyl sites for hydroxylation is 1. The number of fused-ring (bicyclic) bond motifs is 3. The Hall–Kier alpha value is -4.32. The zero-order valence-electron chi connectivity index (χ0n) is 19.2. The number of carboxylic acid groups (broad SMARTS) is 1. The molecule has 0 aliphatic heterocycles. The zero-order chi connectivity index (χ0) is 24.4.